The lowest BCUT2D eigenvalue weighted by molar-refractivity contribution is -0.211. The van der Waals surface area contributed by atoms with Gasteiger partial charge in [0, 0.05) is 29.1 Å². The zero-order valence-electron chi connectivity index (χ0n) is 25.4. The average Bonchev–Trinajstić information content (AvgIpc) is 3.61. The summed E-state index contributed by atoms with van der Waals surface area (Å²) in [5.74, 6) is 1.62. The fourth-order valence-corrected chi connectivity index (χ4v) is 9.19. The summed E-state index contributed by atoms with van der Waals surface area (Å²) in [7, 11) is 0. The first-order valence-corrected chi connectivity index (χ1v) is 16.4. The fourth-order valence-electron chi connectivity index (χ4n) is 8.32. The van der Waals surface area contributed by atoms with Crippen LogP contribution in [0.1, 0.15) is 95.3 Å². The van der Waals surface area contributed by atoms with Crippen LogP contribution in [0.25, 0.3) is 21.3 Å². The summed E-state index contributed by atoms with van der Waals surface area (Å²) in [5.41, 5.74) is 1.94. The number of rotatable bonds is 6. The molecule has 0 saturated heterocycles. The topological polar surface area (TPSA) is 85.0 Å². The smallest absolute Gasteiger partial charge is 0.233 e. The Bertz CT molecular complexity index is 1730. The van der Waals surface area contributed by atoms with E-state index in [4.69, 9.17) is 9.51 Å². The molecule has 0 aliphatic heterocycles. The Hall–Kier alpha value is -3.20. The van der Waals surface area contributed by atoms with Crippen molar-refractivity contribution in [3.05, 3.63) is 53.4 Å². The number of hydrogen-bond acceptors (Lipinski definition) is 7. The molecule has 9 heteroatoms. The van der Waals surface area contributed by atoms with Gasteiger partial charge in [-0.1, -0.05) is 32.0 Å². The number of thiazole rings is 1. The summed E-state index contributed by atoms with van der Waals surface area (Å²) in [6.45, 7) is 8.95. The number of nitrogens with zero attached hydrogens (tertiary/aromatic N) is 5. The summed E-state index contributed by atoms with van der Waals surface area (Å²) in [5, 5.41) is 5.50. The number of halogens is 1. The minimum absolute atomic E-state index is 0.0139. The zero-order chi connectivity index (χ0) is 29.8. The summed E-state index contributed by atoms with van der Waals surface area (Å²) in [6.07, 6.45) is 10.7. The second-order valence-electron chi connectivity index (χ2n) is 15.2. The Morgan fingerprint density at radius 1 is 1.00 bits per heavy atom. The van der Waals surface area contributed by atoms with E-state index in [1.165, 1.54) is 0 Å². The minimum atomic E-state index is -1.13. The van der Waals surface area contributed by atoms with Crippen molar-refractivity contribution in [1.82, 2.24) is 20.1 Å². The highest BCUT2D eigenvalue weighted by molar-refractivity contribution is 7.18. The standard InChI is InChI=1S/C34H38FN5O2S/c1-21-37-25-6-5-22(14-26(25)43-21)23-13-24(16-36-15-23)40(29(41)33-17-34(35,18-33)19-33)20-31-7-10-32(11-8-31,12-9-31)27-38-28(42-39-27)30(2,3)4/h5-6,13-16H,7-12,17-20H2,1-4H3. The molecule has 0 atom stereocenters. The Morgan fingerprint density at radius 2 is 1.72 bits per heavy atom. The van der Waals surface area contributed by atoms with Crippen molar-refractivity contribution >= 4 is 33.1 Å². The van der Waals surface area contributed by atoms with Crippen LogP contribution in [0.3, 0.4) is 0 Å². The highest BCUT2D eigenvalue weighted by atomic mass is 32.1. The molecule has 4 aromatic rings. The van der Waals surface area contributed by atoms with Crippen molar-refractivity contribution in [2.24, 2.45) is 10.8 Å². The highest BCUT2D eigenvalue weighted by Gasteiger charge is 2.73. The van der Waals surface area contributed by atoms with Crippen LogP contribution in [0.15, 0.2) is 41.2 Å². The van der Waals surface area contributed by atoms with E-state index in [1.807, 2.05) is 24.2 Å². The van der Waals surface area contributed by atoms with Gasteiger partial charge in [-0.2, -0.15) is 4.98 Å². The van der Waals surface area contributed by atoms with Gasteiger partial charge in [0.25, 0.3) is 0 Å². The Balaban J connectivity index is 1.09. The SMILES string of the molecule is Cc1nc2ccc(-c3cncc(N(CC45CCC(c6noc(C(C)(C)C)n6)(CC4)CC5)C(=O)C45CC(F)(C4)C5)c3)cc2s1. The fraction of sp³-hybridized carbons (Fsp3) is 0.559. The predicted octanol–water partition coefficient (Wildman–Crippen LogP) is 7.86. The molecule has 6 aliphatic carbocycles. The number of aryl methyl sites for hydroxylation is 1. The molecule has 0 radical (unpaired) electrons. The van der Waals surface area contributed by atoms with Crippen LogP contribution in [-0.4, -0.2) is 38.2 Å². The van der Waals surface area contributed by atoms with Crippen LogP contribution in [0.4, 0.5) is 10.1 Å². The van der Waals surface area contributed by atoms with E-state index < -0.39 is 11.1 Å². The number of amides is 1. The monoisotopic (exact) mass is 599 g/mol. The average molecular weight is 600 g/mol. The van der Waals surface area contributed by atoms with Gasteiger partial charge in [0.15, 0.2) is 5.82 Å². The molecule has 1 aromatic carbocycles. The molecule has 0 N–H and O–H groups in total. The number of carbonyl (C=O) groups excluding carboxylic acids is 1. The van der Waals surface area contributed by atoms with Gasteiger partial charge < -0.3 is 9.42 Å². The summed E-state index contributed by atoms with van der Waals surface area (Å²) < 4.78 is 21.5. The number of fused-ring (bicyclic) bond motifs is 4. The number of anilines is 1. The van der Waals surface area contributed by atoms with Crippen LogP contribution in [0, 0.1) is 17.8 Å². The Morgan fingerprint density at radius 3 is 2.37 bits per heavy atom. The molecule has 4 bridgehead atoms. The highest BCUT2D eigenvalue weighted by Crippen LogP contribution is 2.70. The molecule has 43 heavy (non-hydrogen) atoms. The van der Waals surface area contributed by atoms with Crippen LogP contribution in [0.5, 0.6) is 0 Å². The van der Waals surface area contributed by atoms with Crippen molar-refractivity contribution in [2.75, 3.05) is 11.4 Å². The van der Waals surface area contributed by atoms with Crippen molar-refractivity contribution in [1.29, 1.82) is 0 Å². The molecule has 6 aliphatic rings. The van der Waals surface area contributed by atoms with Crippen molar-refractivity contribution in [2.45, 2.75) is 102 Å². The Kier molecular flexibility index (Phi) is 5.68. The maximum Gasteiger partial charge on any atom is 0.233 e. The summed E-state index contributed by atoms with van der Waals surface area (Å²) in [6, 6.07) is 8.38. The molecule has 3 heterocycles. The normalized spacial score (nSPS) is 31.1. The van der Waals surface area contributed by atoms with E-state index in [0.717, 1.165) is 76.4 Å². The van der Waals surface area contributed by atoms with Gasteiger partial charge in [0.1, 0.15) is 5.67 Å². The number of pyridine rings is 1. The molecule has 7 nitrogen and oxygen atoms in total. The lowest BCUT2D eigenvalue weighted by Gasteiger charge is -2.65. The third-order valence-corrected chi connectivity index (χ3v) is 11.9. The van der Waals surface area contributed by atoms with E-state index in [9.17, 15) is 9.18 Å². The number of aromatic nitrogens is 4. The van der Waals surface area contributed by atoms with Crippen LogP contribution in [0.2, 0.25) is 0 Å². The molecule has 1 amide bonds. The van der Waals surface area contributed by atoms with E-state index in [2.05, 4.69) is 60.2 Å². The number of hydrogen-bond donors (Lipinski definition) is 0. The number of benzene rings is 1. The van der Waals surface area contributed by atoms with Gasteiger partial charge in [-0.15, -0.1) is 11.3 Å². The molecule has 224 valence electrons. The minimum Gasteiger partial charge on any atom is -0.339 e. The number of carbonyl (C=O) groups is 1. The second kappa shape index (κ2) is 8.93. The van der Waals surface area contributed by atoms with Crippen LogP contribution in [-0.2, 0) is 15.6 Å². The van der Waals surface area contributed by atoms with Gasteiger partial charge in [-0.3, -0.25) is 9.78 Å². The first-order chi connectivity index (χ1) is 20.4. The molecule has 0 unspecified atom stereocenters. The first-order valence-electron chi connectivity index (χ1n) is 15.6. The lowest BCUT2D eigenvalue weighted by atomic mass is 9.41. The molecule has 6 saturated carbocycles. The van der Waals surface area contributed by atoms with Gasteiger partial charge >= 0.3 is 0 Å². The van der Waals surface area contributed by atoms with Crippen molar-refractivity contribution in [3.8, 4) is 11.1 Å². The van der Waals surface area contributed by atoms with Gasteiger partial charge in [-0.05, 0) is 93.9 Å². The van der Waals surface area contributed by atoms with Gasteiger partial charge in [-0.25, -0.2) is 9.37 Å². The van der Waals surface area contributed by atoms with Crippen molar-refractivity contribution in [3.63, 3.8) is 0 Å². The second-order valence-corrected chi connectivity index (χ2v) is 16.4. The molecule has 6 fully saturated rings. The Labute approximate surface area is 255 Å². The molecule has 10 rings (SSSR count). The summed E-state index contributed by atoms with van der Waals surface area (Å²) >= 11 is 1.68. The van der Waals surface area contributed by atoms with E-state index in [1.54, 1.807) is 11.3 Å². The molecular formula is C34H38FN5O2S. The van der Waals surface area contributed by atoms with E-state index in [0.29, 0.717) is 31.7 Å². The predicted molar refractivity (Wildman–Crippen MR) is 165 cm³/mol. The van der Waals surface area contributed by atoms with Gasteiger partial charge in [0.05, 0.1) is 32.5 Å². The molecular weight excluding hydrogens is 561 g/mol. The maximum atomic E-state index is 14.6. The van der Waals surface area contributed by atoms with Crippen LogP contribution < -0.4 is 4.90 Å². The summed E-state index contributed by atoms with van der Waals surface area (Å²) in [4.78, 5) is 30.3. The largest absolute Gasteiger partial charge is 0.339 e. The van der Waals surface area contributed by atoms with Crippen LogP contribution >= 0.6 is 11.3 Å². The zero-order valence-corrected chi connectivity index (χ0v) is 26.2. The maximum absolute atomic E-state index is 14.6. The molecule has 0 spiro atoms. The third-order valence-electron chi connectivity index (χ3n) is 11.0. The molecule has 3 aromatic heterocycles. The quantitative estimate of drug-likeness (QED) is 0.224. The van der Waals surface area contributed by atoms with E-state index in [-0.39, 0.29) is 22.2 Å². The third kappa shape index (κ3) is 4.28. The van der Waals surface area contributed by atoms with Gasteiger partial charge in [0.2, 0.25) is 11.8 Å². The van der Waals surface area contributed by atoms with E-state index >= 15 is 0 Å². The number of alkyl halides is 1. The lowest BCUT2D eigenvalue weighted by Crippen LogP contribution is -2.71. The first kappa shape index (κ1) is 27.4. The van der Waals surface area contributed by atoms with Crippen molar-refractivity contribution < 1.29 is 13.7 Å².